The van der Waals surface area contributed by atoms with Gasteiger partial charge in [0, 0.05) is 18.8 Å². The number of urea groups is 1. The van der Waals surface area contributed by atoms with Gasteiger partial charge in [-0.15, -0.1) is 0 Å². The average Bonchev–Trinajstić information content (AvgIpc) is 2.47. The monoisotopic (exact) mass is 329 g/mol. The van der Waals surface area contributed by atoms with E-state index in [1.165, 1.54) is 23.1 Å². The summed E-state index contributed by atoms with van der Waals surface area (Å²) in [4.78, 5) is 25.5. The van der Waals surface area contributed by atoms with Crippen LogP contribution in [-0.4, -0.2) is 42.1 Å². The van der Waals surface area contributed by atoms with Crippen molar-refractivity contribution in [2.24, 2.45) is 0 Å². The third-order valence-corrected chi connectivity index (χ3v) is 3.63. The second-order valence-electron chi connectivity index (χ2n) is 5.29. The first kappa shape index (κ1) is 17.1. The number of hydrogen-bond acceptors (Lipinski definition) is 2. The molecule has 0 saturated carbocycles. The molecule has 0 spiro atoms. The molecule has 8 heteroatoms. The van der Waals surface area contributed by atoms with Crippen molar-refractivity contribution < 1.29 is 22.8 Å². The highest BCUT2D eigenvalue weighted by Gasteiger charge is 2.33. The molecule has 126 valence electrons. The van der Waals surface area contributed by atoms with Gasteiger partial charge in [-0.05, 0) is 18.1 Å². The number of hydrogen-bond donors (Lipinski definition) is 2. The number of amides is 3. The number of carbonyl (C=O) groups excluding carboxylic acids is 2. The second kappa shape index (κ2) is 6.89. The van der Waals surface area contributed by atoms with E-state index in [0.717, 1.165) is 0 Å². The summed E-state index contributed by atoms with van der Waals surface area (Å²) in [6, 6.07) is 4.60. The lowest BCUT2D eigenvalue weighted by atomic mass is 10.1. The fourth-order valence-electron chi connectivity index (χ4n) is 2.56. The molecule has 1 atom stereocenters. The van der Waals surface area contributed by atoms with Crippen LogP contribution in [0.15, 0.2) is 24.3 Å². The van der Waals surface area contributed by atoms with Gasteiger partial charge in [0.15, 0.2) is 0 Å². The molecular weight excluding hydrogens is 311 g/mol. The fraction of sp³-hybridized carbons (Fsp3) is 0.467. The van der Waals surface area contributed by atoms with E-state index in [1.54, 1.807) is 13.0 Å². The molecule has 1 aliphatic heterocycles. The van der Waals surface area contributed by atoms with Crippen LogP contribution >= 0.6 is 0 Å². The molecule has 3 amide bonds. The van der Waals surface area contributed by atoms with E-state index in [0.29, 0.717) is 19.5 Å². The molecule has 0 aromatic heterocycles. The van der Waals surface area contributed by atoms with Crippen LogP contribution in [0.1, 0.15) is 18.9 Å². The minimum Gasteiger partial charge on any atom is -0.353 e. The lowest BCUT2D eigenvalue weighted by Crippen LogP contribution is -2.57. The number of rotatable bonds is 3. The van der Waals surface area contributed by atoms with E-state index in [-0.39, 0.29) is 17.2 Å². The molecule has 1 saturated heterocycles. The SMILES string of the molecule is CC[C@@H]1C(=O)NCCN1C(=O)Nc1ccccc1CC(F)(F)F. The molecule has 1 fully saturated rings. The first-order valence-electron chi connectivity index (χ1n) is 7.32. The predicted octanol–water partition coefficient (Wildman–Crippen LogP) is 2.53. The van der Waals surface area contributed by atoms with Gasteiger partial charge in [-0.1, -0.05) is 25.1 Å². The van der Waals surface area contributed by atoms with Crippen LogP contribution in [-0.2, 0) is 11.2 Å². The smallest absolute Gasteiger partial charge is 0.353 e. The van der Waals surface area contributed by atoms with Crippen molar-refractivity contribution in [3.05, 3.63) is 29.8 Å². The van der Waals surface area contributed by atoms with Crippen LogP contribution in [0.4, 0.5) is 23.7 Å². The number of piperazine rings is 1. The Kier molecular flexibility index (Phi) is 5.12. The van der Waals surface area contributed by atoms with Crippen molar-refractivity contribution in [2.75, 3.05) is 18.4 Å². The number of benzene rings is 1. The zero-order chi connectivity index (χ0) is 17.0. The Morgan fingerprint density at radius 2 is 2.09 bits per heavy atom. The zero-order valence-corrected chi connectivity index (χ0v) is 12.6. The number of carbonyl (C=O) groups is 2. The number of anilines is 1. The third-order valence-electron chi connectivity index (χ3n) is 3.63. The summed E-state index contributed by atoms with van der Waals surface area (Å²) in [6.45, 7) is 2.41. The van der Waals surface area contributed by atoms with Gasteiger partial charge >= 0.3 is 12.2 Å². The summed E-state index contributed by atoms with van der Waals surface area (Å²) in [6.07, 6.45) is -5.05. The summed E-state index contributed by atoms with van der Waals surface area (Å²) in [7, 11) is 0. The minimum atomic E-state index is -4.36. The average molecular weight is 329 g/mol. The van der Waals surface area contributed by atoms with Crippen molar-refractivity contribution in [1.82, 2.24) is 10.2 Å². The van der Waals surface area contributed by atoms with Crippen LogP contribution in [0.2, 0.25) is 0 Å². The topological polar surface area (TPSA) is 61.4 Å². The predicted molar refractivity (Wildman–Crippen MR) is 79.0 cm³/mol. The zero-order valence-electron chi connectivity index (χ0n) is 12.6. The molecule has 0 aliphatic carbocycles. The van der Waals surface area contributed by atoms with Gasteiger partial charge < -0.3 is 15.5 Å². The quantitative estimate of drug-likeness (QED) is 0.895. The number of para-hydroxylation sites is 1. The number of nitrogens with one attached hydrogen (secondary N) is 2. The van der Waals surface area contributed by atoms with E-state index < -0.39 is 24.7 Å². The lowest BCUT2D eigenvalue weighted by molar-refractivity contribution is -0.128. The van der Waals surface area contributed by atoms with Crippen molar-refractivity contribution in [3.8, 4) is 0 Å². The van der Waals surface area contributed by atoms with Gasteiger partial charge in [0.25, 0.3) is 0 Å². The molecule has 23 heavy (non-hydrogen) atoms. The third kappa shape index (κ3) is 4.37. The maximum absolute atomic E-state index is 12.6. The van der Waals surface area contributed by atoms with E-state index in [9.17, 15) is 22.8 Å². The number of nitrogens with zero attached hydrogens (tertiary/aromatic N) is 1. The molecule has 5 nitrogen and oxygen atoms in total. The number of alkyl halides is 3. The Morgan fingerprint density at radius 3 is 2.74 bits per heavy atom. The molecule has 1 aromatic carbocycles. The Labute approximate surface area is 131 Å². The molecule has 1 aromatic rings. The standard InChI is InChI=1S/C15H18F3N3O2/c1-2-12-13(22)19-7-8-21(12)14(23)20-11-6-4-3-5-10(11)9-15(16,17)18/h3-6,12H,2,7-9H2,1H3,(H,19,22)(H,20,23)/t12-/m1/s1. The summed E-state index contributed by atoms with van der Waals surface area (Å²) in [5, 5.41) is 5.16. The summed E-state index contributed by atoms with van der Waals surface area (Å²) >= 11 is 0. The molecule has 2 rings (SSSR count). The maximum atomic E-state index is 12.6. The van der Waals surface area contributed by atoms with Gasteiger partial charge in [0.1, 0.15) is 6.04 Å². The van der Waals surface area contributed by atoms with Crippen LogP contribution in [0, 0.1) is 0 Å². The molecule has 0 radical (unpaired) electrons. The van der Waals surface area contributed by atoms with Gasteiger partial charge in [-0.3, -0.25) is 4.79 Å². The van der Waals surface area contributed by atoms with Gasteiger partial charge in [-0.2, -0.15) is 13.2 Å². The van der Waals surface area contributed by atoms with Crippen LogP contribution in [0.25, 0.3) is 0 Å². The fourth-order valence-corrected chi connectivity index (χ4v) is 2.56. The van der Waals surface area contributed by atoms with Crippen LogP contribution < -0.4 is 10.6 Å². The van der Waals surface area contributed by atoms with E-state index >= 15 is 0 Å². The Hall–Kier alpha value is -2.25. The lowest BCUT2D eigenvalue weighted by Gasteiger charge is -2.34. The van der Waals surface area contributed by atoms with Gasteiger partial charge in [-0.25, -0.2) is 4.79 Å². The largest absolute Gasteiger partial charge is 0.393 e. The van der Waals surface area contributed by atoms with E-state index in [2.05, 4.69) is 10.6 Å². The molecule has 1 aliphatic rings. The normalized spacial score (nSPS) is 18.5. The summed E-state index contributed by atoms with van der Waals surface area (Å²) in [5.74, 6) is -0.252. The number of halogens is 3. The van der Waals surface area contributed by atoms with Gasteiger partial charge in [0.2, 0.25) is 5.91 Å². The summed E-state index contributed by atoms with van der Waals surface area (Å²) < 4.78 is 37.8. The van der Waals surface area contributed by atoms with Crippen molar-refractivity contribution in [2.45, 2.75) is 32.0 Å². The van der Waals surface area contributed by atoms with Crippen LogP contribution in [0.3, 0.4) is 0 Å². The molecule has 0 bridgehead atoms. The minimum absolute atomic E-state index is 0.0112. The van der Waals surface area contributed by atoms with Crippen molar-refractivity contribution in [3.63, 3.8) is 0 Å². The maximum Gasteiger partial charge on any atom is 0.393 e. The Balaban J connectivity index is 2.15. The van der Waals surface area contributed by atoms with E-state index in [4.69, 9.17) is 0 Å². The Morgan fingerprint density at radius 1 is 1.39 bits per heavy atom. The second-order valence-corrected chi connectivity index (χ2v) is 5.29. The molecule has 2 N–H and O–H groups in total. The molecule has 1 heterocycles. The molecule has 0 unspecified atom stereocenters. The van der Waals surface area contributed by atoms with Crippen LogP contribution in [0.5, 0.6) is 0 Å². The summed E-state index contributed by atoms with van der Waals surface area (Å²) in [5.41, 5.74) is 0.0959. The highest BCUT2D eigenvalue weighted by molar-refractivity contribution is 5.95. The van der Waals surface area contributed by atoms with Gasteiger partial charge in [0.05, 0.1) is 6.42 Å². The Bertz CT molecular complexity index is 590. The van der Waals surface area contributed by atoms with Crippen molar-refractivity contribution in [1.29, 1.82) is 0 Å². The highest BCUT2D eigenvalue weighted by atomic mass is 19.4. The first-order chi connectivity index (χ1) is 10.8. The molecular formula is C15H18F3N3O2. The van der Waals surface area contributed by atoms with E-state index in [1.807, 2.05) is 0 Å². The first-order valence-corrected chi connectivity index (χ1v) is 7.32. The highest BCUT2D eigenvalue weighted by Crippen LogP contribution is 2.26. The van der Waals surface area contributed by atoms with Crippen molar-refractivity contribution >= 4 is 17.6 Å².